The number of nitrogens with zero attached hydrogens (tertiary/aromatic N) is 1. The molecule has 0 bridgehead atoms. The molecule has 2 heterocycles. The van der Waals surface area contributed by atoms with Gasteiger partial charge in [-0.15, -0.1) is 0 Å². The minimum Gasteiger partial charge on any atom is -0.497 e. The van der Waals surface area contributed by atoms with Gasteiger partial charge in [0.15, 0.2) is 0 Å². The zero-order chi connectivity index (χ0) is 20.4. The summed E-state index contributed by atoms with van der Waals surface area (Å²) in [6.45, 7) is 0.972. The van der Waals surface area contributed by atoms with E-state index in [1.165, 1.54) is 12.1 Å². The van der Waals surface area contributed by atoms with Crippen LogP contribution < -0.4 is 15.4 Å². The predicted molar refractivity (Wildman–Crippen MR) is 106 cm³/mol. The first kappa shape index (κ1) is 19.4. The fraction of sp³-hybridized carbons (Fsp3) is 0.364. The summed E-state index contributed by atoms with van der Waals surface area (Å²) >= 11 is 0. The minimum absolute atomic E-state index is 0.00213. The van der Waals surface area contributed by atoms with E-state index in [1.54, 1.807) is 18.1 Å². The highest BCUT2D eigenvalue weighted by atomic mass is 19.1. The van der Waals surface area contributed by atoms with Crippen molar-refractivity contribution >= 4 is 11.8 Å². The third-order valence-corrected chi connectivity index (χ3v) is 5.58. The monoisotopic (exact) mass is 397 g/mol. The fourth-order valence-electron chi connectivity index (χ4n) is 4.05. The first-order valence-corrected chi connectivity index (χ1v) is 9.75. The molecule has 2 amide bonds. The summed E-state index contributed by atoms with van der Waals surface area (Å²) < 4.78 is 18.5. The Hall–Kier alpha value is -2.93. The molecule has 3 atom stereocenters. The number of fused-ring (bicyclic) bond motifs is 1. The second-order valence-corrected chi connectivity index (χ2v) is 7.56. The number of halogens is 1. The Balaban J connectivity index is 1.38. The van der Waals surface area contributed by atoms with Gasteiger partial charge in [0.05, 0.1) is 7.11 Å². The number of amides is 2. The Morgan fingerprint density at radius 3 is 2.69 bits per heavy atom. The predicted octanol–water partition coefficient (Wildman–Crippen LogP) is 1.63. The van der Waals surface area contributed by atoms with Gasteiger partial charge in [0.2, 0.25) is 11.8 Å². The molecule has 0 radical (unpaired) electrons. The van der Waals surface area contributed by atoms with Gasteiger partial charge in [-0.25, -0.2) is 4.39 Å². The molecule has 29 heavy (non-hydrogen) atoms. The molecule has 2 saturated heterocycles. The van der Waals surface area contributed by atoms with Crippen LogP contribution in [0.4, 0.5) is 4.39 Å². The molecule has 0 saturated carbocycles. The average molecular weight is 397 g/mol. The Labute approximate surface area is 169 Å². The van der Waals surface area contributed by atoms with Crippen molar-refractivity contribution in [2.45, 2.75) is 37.5 Å². The number of rotatable bonds is 6. The molecule has 0 unspecified atom stereocenters. The summed E-state index contributed by atoms with van der Waals surface area (Å²) in [4.78, 5) is 27.2. The van der Waals surface area contributed by atoms with Crippen LogP contribution in [-0.2, 0) is 22.6 Å². The Morgan fingerprint density at radius 1 is 1.17 bits per heavy atom. The van der Waals surface area contributed by atoms with Crippen LogP contribution in [0.3, 0.4) is 0 Å². The maximum absolute atomic E-state index is 13.3. The van der Waals surface area contributed by atoms with Crippen molar-refractivity contribution in [1.82, 2.24) is 15.5 Å². The molecule has 0 aliphatic carbocycles. The normalized spacial score (nSPS) is 23.7. The first-order chi connectivity index (χ1) is 14.0. The van der Waals surface area contributed by atoms with Gasteiger partial charge in [-0.3, -0.25) is 9.59 Å². The maximum Gasteiger partial charge on any atom is 0.246 e. The summed E-state index contributed by atoms with van der Waals surface area (Å²) in [5, 5.41) is 6.22. The second-order valence-electron chi connectivity index (χ2n) is 7.56. The van der Waals surface area contributed by atoms with Crippen LogP contribution >= 0.6 is 0 Å². The average Bonchev–Trinajstić information content (AvgIpc) is 3.16. The van der Waals surface area contributed by atoms with E-state index in [4.69, 9.17) is 4.74 Å². The largest absolute Gasteiger partial charge is 0.497 e. The summed E-state index contributed by atoms with van der Waals surface area (Å²) in [6, 6.07) is 12.9. The number of hydrogen-bond donors (Lipinski definition) is 2. The number of benzene rings is 2. The van der Waals surface area contributed by atoms with Crippen molar-refractivity contribution in [3.8, 4) is 5.75 Å². The zero-order valence-electron chi connectivity index (χ0n) is 16.2. The summed E-state index contributed by atoms with van der Waals surface area (Å²) in [5.74, 6) is 0.308. The van der Waals surface area contributed by atoms with Crippen LogP contribution in [-0.4, -0.2) is 48.5 Å². The number of ether oxygens (including phenoxy) is 1. The van der Waals surface area contributed by atoms with Crippen LogP contribution in [0.25, 0.3) is 0 Å². The van der Waals surface area contributed by atoms with Gasteiger partial charge >= 0.3 is 0 Å². The van der Waals surface area contributed by atoms with Gasteiger partial charge in [0, 0.05) is 25.6 Å². The van der Waals surface area contributed by atoms with E-state index in [1.807, 2.05) is 30.3 Å². The number of carbonyl (C=O) groups is 2. The van der Waals surface area contributed by atoms with E-state index in [2.05, 4.69) is 10.6 Å². The molecule has 2 N–H and O–H groups in total. The van der Waals surface area contributed by atoms with E-state index in [0.29, 0.717) is 25.9 Å². The van der Waals surface area contributed by atoms with Gasteiger partial charge in [0.1, 0.15) is 23.7 Å². The third-order valence-electron chi connectivity index (χ3n) is 5.58. The Morgan fingerprint density at radius 2 is 1.97 bits per heavy atom. The fourth-order valence-corrected chi connectivity index (χ4v) is 4.05. The third kappa shape index (κ3) is 4.24. The highest BCUT2D eigenvalue weighted by Crippen LogP contribution is 2.24. The Kier molecular flexibility index (Phi) is 5.49. The van der Waals surface area contributed by atoms with Crippen molar-refractivity contribution < 1.29 is 18.7 Å². The van der Waals surface area contributed by atoms with Crippen molar-refractivity contribution in [3.05, 3.63) is 65.5 Å². The van der Waals surface area contributed by atoms with Crippen LogP contribution in [0.15, 0.2) is 48.5 Å². The van der Waals surface area contributed by atoms with Crippen molar-refractivity contribution in [1.29, 1.82) is 0 Å². The highest BCUT2D eigenvalue weighted by Gasteiger charge is 2.46. The van der Waals surface area contributed by atoms with E-state index in [0.717, 1.165) is 16.9 Å². The number of nitrogens with one attached hydrogen (secondary N) is 2. The summed E-state index contributed by atoms with van der Waals surface area (Å²) in [5.41, 5.74) is 1.80. The van der Waals surface area contributed by atoms with Gasteiger partial charge in [0.25, 0.3) is 0 Å². The lowest BCUT2D eigenvalue weighted by Gasteiger charge is -2.34. The van der Waals surface area contributed by atoms with Gasteiger partial charge in [-0.1, -0.05) is 24.3 Å². The molecule has 2 aliphatic heterocycles. The second kappa shape index (κ2) is 8.21. The van der Waals surface area contributed by atoms with Crippen LogP contribution in [0.5, 0.6) is 5.75 Å². The number of hydrogen-bond acceptors (Lipinski definition) is 4. The topological polar surface area (TPSA) is 70.7 Å². The van der Waals surface area contributed by atoms with Gasteiger partial charge < -0.3 is 20.3 Å². The number of methoxy groups -OCH3 is 1. The molecule has 152 valence electrons. The summed E-state index contributed by atoms with van der Waals surface area (Å²) in [7, 11) is 1.60. The van der Waals surface area contributed by atoms with Crippen molar-refractivity contribution in [3.63, 3.8) is 0 Å². The number of carbonyl (C=O) groups excluding carboxylic acids is 2. The smallest absolute Gasteiger partial charge is 0.246 e. The highest BCUT2D eigenvalue weighted by molar-refractivity contribution is 5.97. The van der Waals surface area contributed by atoms with Crippen LogP contribution in [0.1, 0.15) is 17.5 Å². The first-order valence-electron chi connectivity index (χ1n) is 9.75. The lowest BCUT2D eigenvalue weighted by atomic mass is 10.0. The molecule has 2 aromatic carbocycles. The molecule has 4 rings (SSSR count). The SMILES string of the molecule is COc1ccc(C[C@@H]2NC(=O)[C@@H]3C[C@H](NCc4cccc(F)c4)CN3C2=O)cc1. The van der Waals surface area contributed by atoms with Crippen LogP contribution in [0, 0.1) is 5.82 Å². The van der Waals surface area contributed by atoms with E-state index in [-0.39, 0.29) is 23.7 Å². The van der Waals surface area contributed by atoms with E-state index >= 15 is 0 Å². The minimum atomic E-state index is -0.561. The molecule has 0 aromatic heterocycles. The molecular formula is C22H24FN3O3. The molecule has 2 aliphatic rings. The molecule has 6 nitrogen and oxygen atoms in total. The van der Waals surface area contributed by atoms with Crippen molar-refractivity contribution in [2.24, 2.45) is 0 Å². The number of piperazine rings is 1. The van der Waals surface area contributed by atoms with Gasteiger partial charge in [-0.05, 0) is 41.8 Å². The summed E-state index contributed by atoms with van der Waals surface area (Å²) in [6.07, 6.45) is 1.00. The molecular weight excluding hydrogens is 373 g/mol. The van der Waals surface area contributed by atoms with Gasteiger partial charge in [-0.2, -0.15) is 0 Å². The molecule has 0 spiro atoms. The zero-order valence-corrected chi connectivity index (χ0v) is 16.2. The van der Waals surface area contributed by atoms with Crippen LogP contribution in [0.2, 0.25) is 0 Å². The lowest BCUT2D eigenvalue weighted by Crippen LogP contribution is -2.61. The van der Waals surface area contributed by atoms with E-state index < -0.39 is 12.1 Å². The Bertz CT molecular complexity index is 902. The quantitative estimate of drug-likeness (QED) is 0.778. The lowest BCUT2D eigenvalue weighted by molar-refractivity contribution is -0.147. The molecule has 7 heteroatoms. The molecule has 2 fully saturated rings. The van der Waals surface area contributed by atoms with E-state index in [9.17, 15) is 14.0 Å². The maximum atomic E-state index is 13.3. The molecule has 2 aromatic rings. The standard InChI is InChI=1S/C22H24FN3O3/c1-29-18-7-5-14(6-8-18)10-19-22(28)26-13-17(11-20(26)21(27)25-19)24-12-15-3-2-4-16(23)9-15/h2-9,17,19-20,24H,10-13H2,1H3,(H,25,27)/t17-,19-,20-/m0/s1. The van der Waals surface area contributed by atoms with Crippen molar-refractivity contribution in [2.75, 3.05) is 13.7 Å².